The van der Waals surface area contributed by atoms with Gasteiger partial charge in [0, 0.05) is 68.0 Å². The van der Waals surface area contributed by atoms with Crippen molar-refractivity contribution in [1.29, 1.82) is 0 Å². The third-order valence-corrected chi connectivity index (χ3v) is 9.44. The van der Waals surface area contributed by atoms with Crippen molar-refractivity contribution in [2.75, 3.05) is 43.0 Å². The zero-order valence-electron chi connectivity index (χ0n) is 29.2. The molecule has 2 atom stereocenters. The lowest BCUT2D eigenvalue weighted by atomic mass is 9.70. The quantitative estimate of drug-likeness (QED) is 0.148. The van der Waals surface area contributed by atoms with Crippen LogP contribution in [-0.4, -0.2) is 49.0 Å². The van der Waals surface area contributed by atoms with Gasteiger partial charge in [0.05, 0.1) is 24.9 Å². The number of carbonyl (C=O) groups is 1. The second kappa shape index (κ2) is 15.3. The van der Waals surface area contributed by atoms with Gasteiger partial charge in [-0.2, -0.15) is 0 Å². The molecule has 1 saturated carbocycles. The van der Waals surface area contributed by atoms with Crippen molar-refractivity contribution in [3.8, 4) is 5.75 Å². The number of fused-ring (bicyclic) bond motifs is 1. The molecule has 1 amide bonds. The third kappa shape index (κ3) is 8.17. The molecule has 5 rings (SSSR count). The average Bonchev–Trinajstić information content (AvgIpc) is 3.33. The molecule has 9 nitrogen and oxygen atoms in total. The average molecular weight is 673 g/mol. The van der Waals surface area contributed by atoms with Crippen LogP contribution in [0.15, 0.2) is 83.3 Å². The summed E-state index contributed by atoms with van der Waals surface area (Å²) in [4.78, 5) is 21.2. The second-order valence-corrected chi connectivity index (χ2v) is 13.1. The number of para-hydroxylation sites is 1. The molecular formula is C38H46F2N6O3. The van der Waals surface area contributed by atoms with E-state index in [1.54, 1.807) is 12.3 Å². The summed E-state index contributed by atoms with van der Waals surface area (Å²) in [6.07, 6.45) is 5.35. The maximum absolute atomic E-state index is 15.4. The van der Waals surface area contributed by atoms with Crippen molar-refractivity contribution < 1.29 is 23.0 Å². The number of ether oxygens (including phenoxy) is 2. The number of hydrazine groups is 1. The van der Waals surface area contributed by atoms with Gasteiger partial charge >= 0.3 is 0 Å². The van der Waals surface area contributed by atoms with E-state index in [-0.39, 0.29) is 41.8 Å². The number of amides is 1. The fourth-order valence-corrected chi connectivity index (χ4v) is 6.57. The van der Waals surface area contributed by atoms with Crippen LogP contribution in [0, 0.1) is 17.0 Å². The van der Waals surface area contributed by atoms with Crippen LogP contribution in [0.25, 0.3) is 0 Å². The zero-order valence-corrected chi connectivity index (χ0v) is 29.2. The first-order chi connectivity index (χ1) is 23.4. The van der Waals surface area contributed by atoms with E-state index in [1.807, 2.05) is 54.3 Å². The zero-order chi connectivity index (χ0) is 35.3. The Morgan fingerprint density at radius 2 is 1.86 bits per heavy atom. The van der Waals surface area contributed by atoms with Gasteiger partial charge in [-0.05, 0) is 54.9 Å². The minimum Gasteiger partial charge on any atom is -0.491 e. The predicted molar refractivity (Wildman–Crippen MR) is 191 cm³/mol. The number of nitrogens with one attached hydrogen (secondary N) is 2. The number of aromatic nitrogens is 1. The normalized spacial score (nSPS) is 20.7. The lowest BCUT2D eigenvalue weighted by Crippen LogP contribution is -2.38. The van der Waals surface area contributed by atoms with Crippen LogP contribution in [0.4, 0.5) is 26.0 Å². The second-order valence-electron chi connectivity index (χ2n) is 13.1. The first kappa shape index (κ1) is 35.7. The van der Waals surface area contributed by atoms with Crippen molar-refractivity contribution in [3.05, 3.63) is 101 Å². The highest BCUT2D eigenvalue weighted by molar-refractivity contribution is 5.93. The maximum atomic E-state index is 15.4. The molecule has 11 heteroatoms. The van der Waals surface area contributed by atoms with Crippen LogP contribution >= 0.6 is 0 Å². The topological polar surface area (TPSA) is 91.3 Å². The number of aliphatic imine (C=N–C) groups is 1. The Morgan fingerprint density at radius 1 is 1.12 bits per heavy atom. The highest BCUT2D eigenvalue weighted by atomic mass is 19.1. The molecule has 0 spiro atoms. The van der Waals surface area contributed by atoms with Gasteiger partial charge in [-0.25, -0.2) is 23.8 Å². The Kier molecular flexibility index (Phi) is 11.1. The van der Waals surface area contributed by atoms with E-state index < -0.39 is 11.6 Å². The summed E-state index contributed by atoms with van der Waals surface area (Å²) in [5, 5.41) is 10.1. The summed E-state index contributed by atoms with van der Waals surface area (Å²) in [6.45, 7) is 12.9. The summed E-state index contributed by atoms with van der Waals surface area (Å²) in [5.41, 5.74) is 5.49. The monoisotopic (exact) mass is 672 g/mol. The van der Waals surface area contributed by atoms with E-state index in [0.29, 0.717) is 18.2 Å². The molecule has 0 saturated heterocycles. The number of benzene rings is 2. The van der Waals surface area contributed by atoms with Crippen LogP contribution in [-0.2, 0) is 16.1 Å². The van der Waals surface area contributed by atoms with Gasteiger partial charge in [0.25, 0.3) is 0 Å². The molecule has 0 radical (unpaired) electrons. The van der Waals surface area contributed by atoms with Crippen molar-refractivity contribution >= 4 is 28.8 Å². The van der Waals surface area contributed by atoms with E-state index in [4.69, 9.17) is 14.5 Å². The van der Waals surface area contributed by atoms with Crippen LogP contribution in [0.1, 0.15) is 70.5 Å². The SMILES string of the molecule is C=C1CC(C)(CC)CC/C1=C(/N=C(\C)C1c2ccccc2N(Cc2c(F)cc(OCCOC)cc2F)N1C)Nc1ccnc(NC(C)=O)c1. The number of hydrogen-bond acceptors (Lipinski definition) is 8. The molecule has 260 valence electrons. The molecule has 1 fully saturated rings. The van der Waals surface area contributed by atoms with Crippen LogP contribution in [0.2, 0.25) is 0 Å². The van der Waals surface area contributed by atoms with Gasteiger partial charge in [0.15, 0.2) is 0 Å². The molecule has 1 aliphatic heterocycles. The molecule has 2 heterocycles. The minimum atomic E-state index is -0.686. The van der Waals surface area contributed by atoms with Gasteiger partial charge in [-0.3, -0.25) is 4.79 Å². The number of nitrogens with zero attached hydrogens (tertiary/aromatic N) is 4. The number of anilines is 3. The van der Waals surface area contributed by atoms with E-state index in [1.165, 1.54) is 26.2 Å². The highest BCUT2D eigenvalue weighted by Gasteiger charge is 2.37. The molecule has 2 N–H and O–H groups in total. The number of carbonyl (C=O) groups excluding carboxylic acids is 1. The summed E-state index contributed by atoms with van der Waals surface area (Å²) in [5.74, 6) is -0.371. The molecule has 0 bridgehead atoms. The van der Waals surface area contributed by atoms with E-state index in [9.17, 15) is 4.79 Å². The van der Waals surface area contributed by atoms with Gasteiger partial charge in [0.1, 0.15) is 35.6 Å². The van der Waals surface area contributed by atoms with Crippen LogP contribution in [0.5, 0.6) is 5.75 Å². The largest absolute Gasteiger partial charge is 0.491 e. The Hall–Kier alpha value is -4.61. The van der Waals surface area contributed by atoms with Gasteiger partial charge < -0.3 is 25.1 Å². The Labute approximate surface area is 287 Å². The number of rotatable bonds is 12. The first-order valence-electron chi connectivity index (χ1n) is 16.6. The Morgan fingerprint density at radius 3 is 2.53 bits per heavy atom. The molecule has 1 aliphatic carbocycles. The minimum absolute atomic E-state index is 0.0329. The molecule has 2 aromatic carbocycles. The summed E-state index contributed by atoms with van der Waals surface area (Å²) in [7, 11) is 3.43. The number of hydrogen-bond donors (Lipinski definition) is 2. The van der Waals surface area contributed by atoms with Crippen molar-refractivity contribution in [2.45, 2.75) is 66.0 Å². The Bertz CT molecular complexity index is 1750. The standard InChI is InChI=1S/C38H46F2N6O3/c1-8-38(5)15-13-29(24(2)22-38)37(44-27-14-16-41-35(19-27)43-26(4)47)42-25(3)36-30-11-9-10-12-34(30)46(45(36)6)23-31-32(39)20-28(21-33(31)40)49-18-17-48-7/h9-12,14,16,19-21,36H,2,8,13,15,17-18,22-23H2,1,3-7H3,(H2,41,43,44,47)/b37-29+,42-25+. The number of allylic oxidation sites excluding steroid dienone is 2. The van der Waals surface area contributed by atoms with Gasteiger partial charge in [-0.1, -0.05) is 45.0 Å². The fourth-order valence-electron chi connectivity index (χ4n) is 6.57. The molecule has 3 aromatic rings. The number of pyridine rings is 1. The molecule has 2 unspecified atom stereocenters. The van der Waals surface area contributed by atoms with E-state index >= 15 is 8.78 Å². The van der Waals surface area contributed by atoms with Crippen LogP contribution < -0.4 is 20.4 Å². The fraction of sp³-hybridized carbons (Fsp3) is 0.395. The highest BCUT2D eigenvalue weighted by Crippen LogP contribution is 2.45. The summed E-state index contributed by atoms with van der Waals surface area (Å²) >= 11 is 0. The lowest BCUT2D eigenvalue weighted by molar-refractivity contribution is -0.114. The molecule has 1 aromatic heterocycles. The molecule has 49 heavy (non-hydrogen) atoms. The van der Waals surface area contributed by atoms with Crippen LogP contribution in [0.3, 0.4) is 0 Å². The number of methoxy groups -OCH3 is 1. The van der Waals surface area contributed by atoms with Gasteiger partial charge in [-0.15, -0.1) is 0 Å². The van der Waals surface area contributed by atoms with Crippen molar-refractivity contribution in [1.82, 2.24) is 9.99 Å². The first-order valence-corrected chi connectivity index (χ1v) is 16.6. The van der Waals surface area contributed by atoms with Crippen molar-refractivity contribution in [2.24, 2.45) is 10.4 Å². The third-order valence-electron chi connectivity index (χ3n) is 9.44. The summed E-state index contributed by atoms with van der Waals surface area (Å²) < 4.78 is 41.2. The molecular weight excluding hydrogens is 626 g/mol. The smallest absolute Gasteiger partial charge is 0.222 e. The number of halogens is 2. The molecule has 2 aliphatic rings. The van der Waals surface area contributed by atoms with E-state index in [0.717, 1.165) is 59.5 Å². The lowest BCUT2D eigenvalue weighted by Gasteiger charge is -2.36. The van der Waals surface area contributed by atoms with Crippen molar-refractivity contribution in [3.63, 3.8) is 0 Å². The predicted octanol–water partition coefficient (Wildman–Crippen LogP) is 8.19. The summed E-state index contributed by atoms with van der Waals surface area (Å²) in [6, 6.07) is 13.5. The van der Waals surface area contributed by atoms with E-state index in [2.05, 4.69) is 36.0 Å². The Balaban J connectivity index is 1.49. The van der Waals surface area contributed by atoms with Gasteiger partial charge in [0.2, 0.25) is 5.91 Å². The maximum Gasteiger partial charge on any atom is 0.222 e.